The average Bonchev–Trinajstić information content (AvgIpc) is 2.80. The van der Waals surface area contributed by atoms with E-state index in [1.807, 2.05) is 42.5 Å². The summed E-state index contributed by atoms with van der Waals surface area (Å²) >= 11 is 0. The maximum atomic E-state index is 11.0. The molecule has 1 fully saturated rings. The zero-order valence-electron chi connectivity index (χ0n) is 17.6. The number of amides is 1. The molecule has 168 valence electrons. The number of carbonyl (C=O) groups excluding carboxylic acids is 1. The number of hydrogen-bond acceptors (Lipinski definition) is 7. The van der Waals surface area contributed by atoms with Gasteiger partial charge in [-0.05, 0) is 24.1 Å². The van der Waals surface area contributed by atoms with Gasteiger partial charge in [0.05, 0.1) is 13.2 Å². The van der Waals surface area contributed by atoms with E-state index in [0.717, 1.165) is 18.7 Å². The van der Waals surface area contributed by atoms with Gasteiger partial charge in [0, 0.05) is 25.7 Å². The highest BCUT2D eigenvalue weighted by Gasteiger charge is 2.24. The van der Waals surface area contributed by atoms with Gasteiger partial charge < -0.3 is 24.6 Å². The quantitative estimate of drug-likeness (QED) is 0.343. The van der Waals surface area contributed by atoms with Crippen molar-refractivity contribution in [3.63, 3.8) is 0 Å². The highest BCUT2D eigenvalue weighted by atomic mass is 16.5. The van der Waals surface area contributed by atoms with Crippen LogP contribution >= 0.6 is 0 Å². The Morgan fingerprint density at radius 3 is 2.48 bits per heavy atom. The summed E-state index contributed by atoms with van der Waals surface area (Å²) in [5.74, 6) is 1.00. The van der Waals surface area contributed by atoms with Crippen molar-refractivity contribution in [2.75, 3.05) is 32.8 Å². The number of aliphatic hydroxyl groups excluding tert-OH is 1. The Hall–Kier alpha value is -2.65. The smallest absolute Gasteiger partial charge is 0.207 e. The Kier molecular flexibility index (Phi) is 9.11. The predicted molar refractivity (Wildman–Crippen MR) is 117 cm³/mol. The summed E-state index contributed by atoms with van der Waals surface area (Å²) in [4.78, 5) is 13.2. The number of aliphatic hydroxyl groups is 1. The Morgan fingerprint density at radius 2 is 1.77 bits per heavy atom. The van der Waals surface area contributed by atoms with E-state index in [9.17, 15) is 9.90 Å². The minimum absolute atomic E-state index is 0.246. The number of benzene rings is 2. The molecular weight excluding hydrogens is 398 g/mol. The van der Waals surface area contributed by atoms with Crippen LogP contribution in [0, 0.1) is 0 Å². The second kappa shape index (κ2) is 12.3. The van der Waals surface area contributed by atoms with Crippen LogP contribution in [0.2, 0.25) is 0 Å². The molecule has 0 aliphatic carbocycles. The molecule has 4 N–H and O–H groups in total. The minimum Gasteiger partial charge on any atom is -0.485 e. The summed E-state index contributed by atoms with van der Waals surface area (Å²) in [6.45, 7) is 3.92. The van der Waals surface area contributed by atoms with E-state index in [0.29, 0.717) is 44.3 Å². The summed E-state index contributed by atoms with van der Waals surface area (Å²) in [5, 5.41) is 13.4. The fourth-order valence-corrected chi connectivity index (χ4v) is 3.44. The van der Waals surface area contributed by atoms with E-state index >= 15 is 0 Å². The lowest BCUT2D eigenvalue weighted by atomic mass is 10.1. The Balaban J connectivity index is 1.55. The van der Waals surface area contributed by atoms with Crippen molar-refractivity contribution >= 4 is 6.41 Å². The third kappa shape index (κ3) is 7.52. The van der Waals surface area contributed by atoms with Crippen molar-refractivity contribution in [3.05, 3.63) is 60.2 Å². The average molecular weight is 430 g/mol. The fraction of sp³-hybridized carbons (Fsp3) is 0.435. The van der Waals surface area contributed by atoms with Crippen LogP contribution < -0.4 is 20.5 Å². The highest BCUT2D eigenvalue weighted by Crippen LogP contribution is 2.28. The lowest BCUT2D eigenvalue weighted by molar-refractivity contribution is -0.110. The molecule has 31 heavy (non-hydrogen) atoms. The van der Waals surface area contributed by atoms with Gasteiger partial charge in [0.2, 0.25) is 6.41 Å². The minimum atomic E-state index is -0.972. The maximum absolute atomic E-state index is 11.0. The van der Waals surface area contributed by atoms with Crippen LogP contribution in [0.1, 0.15) is 12.0 Å². The highest BCUT2D eigenvalue weighted by molar-refractivity contribution is 5.46. The lowest BCUT2D eigenvalue weighted by Crippen LogP contribution is -2.49. The molecule has 0 spiro atoms. The van der Waals surface area contributed by atoms with Crippen LogP contribution in [-0.2, 0) is 16.1 Å². The van der Waals surface area contributed by atoms with Gasteiger partial charge in [0.15, 0.2) is 17.7 Å². The molecule has 1 amide bonds. The molecular formula is C23H31N3O5. The second-order valence-electron chi connectivity index (χ2n) is 7.50. The molecule has 0 aromatic heterocycles. The molecule has 3 rings (SSSR count). The molecule has 1 aliphatic heterocycles. The zero-order valence-corrected chi connectivity index (χ0v) is 17.6. The first-order valence-electron chi connectivity index (χ1n) is 10.5. The maximum Gasteiger partial charge on any atom is 0.207 e. The third-order valence-corrected chi connectivity index (χ3v) is 5.14. The molecule has 3 atom stereocenters. The third-order valence-electron chi connectivity index (χ3n) is 5.14. The molecule has 0 saturated carbocycles. The summed E-state index contributed by atoms with van der Waals surface area (Å²) in [5.41, 5.74) is 7.16. The number of nitrogens with one attached hydrogen (secondary N) is 1. The number of carbonyl (C=O) groups is 1. The molecule has 3 unspecified atom stereocenters. The molecule has 2 aromatic rings. The number of hydrogen-bond donors (Lipinski definition) is 3. The van der Waals surface area contributed by atoms with Crippen molar-refractivity contribution in [2.45, 2.75) is 31.4 Å². The van der Waals surface area contributed by atoms with Crippen LogP contribution in [0.5, 0.6) is 11.5 Å². The van der Waals surface area contributed by atoms with Crippen molar-refractivity contribution in [3.8, 4) is 11.5 Å². The van der Waals surface area contributed by atoms with E-state index in [4.69, 9.17) is 19.9 Å². The van der Waals surface area contributed by atoms with Gasteiger partial charge in [-0.3, -0.25) is 15.4 Å². The van der Waals surface area contributed by atoms with Crippen molar-refractivity contribution in [1.82, 2.24) is 10.2 Å². The molecule has 0 radical (unpaired) electrons. The van der Waals surface area contributed by atoms with Crippen LogP contribution in [0.3, 0.4) is 0 Å². The fourth-order valence-electron chi connectivity index (χ4n) is 3.44. The SMILES string of the molecule is NC(Oc1ccccc1OCc1ccccc1)C(O)CC(CN1CCOCC1)NC=O. The number of morpholine rings is 1. The zero-order chi connectivity index (χ0) is 21.9. The van der Waals surface area contributed by atoms with Gasteiger partial charge >= 0.3 is 0 Å². The lowest BCUT2D eigenvalue weighted by Gasteiger charge is -2.31. The van der Waals surface area contributed by atoms with E-state index in [2.05, 4.69) is 10.2 Å². The molecule has 1 heterocycles. The summed E-state index contributed by atoms with van der Waals surface area (Å²) in [6, 6.07) is 16.8. The Labute approximate surface area is 182 Å². The van der Waals surface area contributed by atoms with E-state index in [-0.39, 0.29) is 12.5 Å². The molecule has 0 bridgehead atoms. The van der Waals surface area contributed by atoms with Crippen LogP contribution in [0.4, 0.5) is 0 Å². The van der Waals surface area contributed by atoms with Gasteiger partial charge in [-0.2, -0.15) is 0 Å². The van der Waals surface area contributed by atoms with Crippen LogP contribution in [0.15, 0.2) is 54.6 Å². The molecule has 1 saturated heterocycles. The van der Waals surface area contributed by atoms with Crippen LogP contribution in [0.25, 0.3) is 0 Å². The molecule has 8 nitrogen and oxygen atoms in total. The van der Waals surface area contributed by atoms with E-state index < -0.39 is 12.3 Å². The number of nitrogens with two attached hydrogens (primary N) is 1. The van der Waals surface area contributed by atoms with Crippen molar-refractivity contribution < 1.29 is 24.1 Å². The van der Waals surface area contributed by atoms with Gasteiger partial charge in [-0.25, -0.2) is 0 Å². The summed E-state index contributed by atoms with van der Waals surface area (Å²) in [6.07, 6.45) is -1.02. The van der Waals surface area contributed by atoms with E-state index in [1.165, 1.54) is 0 Å². The largest absolute Gasteiger partial charge is 0.485 e. The first-order chi connectivity index (χ1) is 15.2. The predicted octanol–water partition coefficient (Wildman–Crippen LogP) is 1.13. The van der Waals surface area contributed by atoms with Crippen LogP contribution in [-0.4, -0.2) is 67.6 Å². The Bertz CT molecular complexity index is 786. The number of para-hydroxylation sites is 2. The second-order valence-corrected chi connectivity index (χ2v) is 7.50. The molecule has 2 aromatic carbocycles. The topological polar surface area (TPSA) is 106 Å². The number of rotatable bonds is 12. The van der Waals surface area contributed by atoms with Crippen molar-refractivity contribution in [2.24, 2.45) is 5.73 Å². The van der Waals surface area contributed by atoms with Gasteiger partial charge in [0.1, 0.15) is 12.7 Å². The van der Waals surface area contributed by atoms with Gasteiger partial charge in [-0.15, -0.1) is 0 Å². The van der Waals surface area contributed by atoms with Crippen molar-refractivity contribution in [1.29, 1.82) is 0 Å². The number of nitrogens with zero attached hydrogens (tertiary/aromatic N) is 1. The van der Waals surface area contributed by atoms with Gasteiger partial charge in [0.25, 0.3) is 0 Å². The summed E-state index contributed by atoms with van der Waals surface area (Å²) in [7, 11) is 0. The first-order valence-corrected chi connectivity index (χ1v) is 10.5. The Morgan fingerprint density at radius 1 is 1.10 bits per heavy atom. The number of ether oxygens (including phenoxy) is 3. The molecule has 8 heteroatoms. The van der Waals surface area contributed by atoms with E-state index in [1.54, 1.807) is 12.1 Å². The summed E-state index contributed by atoms with van der Waals surface area (Å²) < 4.78 is 17.1. The molecule has 1 aliphatic rings. The van der Waals surface area contributed by atoms with Gasteiger partial charge in [-0.1, -0.05) is 42.5 Å². The monoisotopic (exact) mass is 429 g/mol. The normalized spacial score (nSPS) is 17.4. The first kappa shape index (κ1) is 23.0. The standard InChI is InChI=1S/C23H31N3O5/c24-23(20(28)14-19(25-17-27)15-26-10-12-29-13-11-26)31-22-9-5-4-8-21(22)30-16-18-6-2-1-3-7-18/h1-9,17,19-20,23,28H,10-16,24H2,(H,25,27).